The average Bonchev–Trinajstić information content (AvgIpc) is 2.96. The summed E-state index contributed by atoms with van der Waals surface area (Å²) in [7, 11) is 0. The smallest absolute Gasteiger partial charge is 0.220 e. The predicted molar refractivity (Wildman–Crippen MR) is 96.3 cm³/mol. The van der Waals surface area contributed by atoms with E-state index in [2.05, 4.69) is 20.4 Å². The van der Waals surface area contributed by atoms with E-state index in [9.17, 15) is 4.79 Å². The van der Waals surface area contributed by atoms with Crippen molar-refractivity contribution in [1.29, 1.82) is 0 Å². The molecule has 0 spiro atoms. The molecule has 0 saturated heterocycles. The van der Waals surface area contributed by atoms with Crippen molar-refractivity contribution in [3.63, 3.8) is 0 Å². The van der Waals surface area contributed by atoms with Gasteiger partial charge in [-0.3, -0.25) is 9.78 Å². The molecular formula is C19H23N5O. The summed E-state index contributed by atoms with van der Waals surface area (Å²) in [5.41, 5.74) is 5.93. The number of amides is 1. The summed E-state index contributed by atoms with van der Waals surface area (Å²) in [6, 6.07) is 5.76. The minimum atomic E-state index is -0.0351. The number of carbonyl (C=O) groups is 1. The average molecular weight is 337 g/mol. The van der Waals surface area contributed by atoms with Crippen LogP contribution in [0.5, 0.6) is 0 Å². The lowest BCUT2D eigenvalue weighted by atomic mass is 10.1. The summed E-state index contributed by atoms with van der Waals surface area (Å²) in [4.78, 5) is 20.9. The van der Waals surface area contributed by atoms with Crippen molar-refractivity contribution in [3.8, 4) is 0 Å². The first-order chi connectivity index (χ1) is 12.0. The molecule has 0 unspecified atom stereocenters. The van der Waals surface area contributed by atoms with Crippen LogP contribution in [0.2, 0.25) is 0 Å². The van der Waals surface area contributed by atoms with E-state index in [1.54, 1.807) is 12.4 Å². The van der Waals surface area contributed by atoms with Crippen molar-refractivity contribution in [3.05, 3.63) is 58.8 Å². The molecule has 0 aliphatic rings. The second-order valence-corrected chi connectivity index (χ2v) is 6.39. The Kier molecular flexibility index (Phi) is 4.79. The summed E-state index contributed by atoms with van der Waals surface area (Å²) in [6.45, 7) is 7.95. The molecule has 1 amide bonds. The van der Waals surface area contributed by atoms with Gasteiger partial charge in [-0.25, -0.2) is 9.50 Å². The minimum Gasteiger partial charge on any atom is -0.350 e. The summed E-state index contributed by atoms with van der Waals surface area (Å²) < 4.78 is 1.86. The van der Waals surface area contributed by atoms with Crippen LogP contribution in [-0.4, -0.2) is 25.5 Å². The first-order valence-electron chi connectivity index (χ1n) is 8.47. The number of nitrogens with zero attached hydrogens (tertiary/aromatic N) is 4. The number of nitrogens with one attached hydrogen (secondary N) is 1. The molecule has 0 saturated carbocycles. The normalized spacial score (nSPS) is 12.3. The lowest BCUT2D eigenvalue weighted by Gasteiger charge is -2.15. The Labute approximate surface area is 147 Å². The Morgan fingerprint density at radius 1 is 1.24 bits per heavy atom. The number of hydrogen-bond donors (Lipinski definition) is 1. The van der Waals surface area contributed by atoms with Crippen molar-refractivity contribution in [2.24, 2.45) is 0 Å². The van der Waals surface area contributed by atoms with Gasteiger partial charge in [-0.15, -0.1) is 0 Å². The Bertz CT molecular complexity index is 901. The van der Waals surface area contributed by atoms with Crippen molar-refractivity contribution in [1.82, 2.24) is 24.9 Å². The molecule has 6 nitrogen and oxygen atoms in total. The van der Waals surface area contributed by atoms with E-state index in [0.717, 1.165) is 33.9 Å². The lowest BCUT2D eigenvalue weighted by Crippen LogP contribution is -2.27. The predicted octanol–water partition coefficient (Wildman–Crippen LogP) is 2.86. The van der Waals surface area contributed by atoms with Crippen LogP contribution < -0.4 is 5.32 Å². The van der Waals surface area contributed by atoms with Crippen LogP contribution in [0.4, 0.5) is 0 Å². The standard InChI is InChI=1S/C19H23N5O/c1-12-11-18-21-14(3)17(15(4)24(18)23-12)5-6-19(25)22-13(2)16-7-9-20-10-8-16/h7-11,13H,5-6H2,1-4H3,(H,22,25)/t13-/m1/s1. The van der Waals surface area contributed by atoms with Crippen LogP contribution in [0.1, 0.15) is 47.6 Å². The minimum absolute atomic E-state index is 0.0276. The molecule has 0 bridgehead atoms. The molecule has 0 fully saturated rings. The molecule has 0 aromatic carbocycles. The van der Waals surface area contributed by atoms with E-state index in [1.807, 2.05) is 50.4 Å². The SMILES string of the molecule is Cc1cc2nc(C)c(CCC(=O)N[C@H](C)c3ccncc3)c(C)n2n1. The molecular weight excluding hydrogens is 314 g/mol. The Morgan fingerprint density at radius 2 is 1.96 bits per heavy atom. The maximum atomic E-state index is 12.3. The van der Waals surface area contributed by atoms with Gasteiger partial charge < -0.3 is 5.32 Å². The number of carbonyl (C=O) groups excluding carboxylic acids is 1. The van der Waals surface area contributed by atoms with Crippen LogP contribution in [0, 0.1) is 20.8 Å². The summed E-state index contributed by atoms with van der Waals surface area (Å²) in [5.74, 6) is 0.0276. The van der Waals surface area contributed by atoms with Crippen LogP contribution in [0.15, 0.2) is 30.6 Å². The van der Waals surface area contributed by atoms with Crippen molar-refractivity contribution in [2.75, 3.05) is 0 Å². The van der Waals surface area contributed by atoms with E-state index >= 15 is 0 Å². The van der Waals surface area contributed by atoms with Gasteiger partial charge in [-0.1, -0.05) is 0 Å². The fourth-order valence-corrected chi connectivity index (χ4v) is 3.09. The van der Waals surface area contributed by atoms with Gasteiger partial charge in [0.15, 0.2) is 5.65 Å². The Hall–Kier alpha value is -2.76. The number of pyridine rings is 1. The van der Waals surface area contributed by atoms with Gasteiger partial charge in [0.2, 0.25) is 5.91 Å². The summed E-state index contributed by atoms with van der Waals surface area (Å²) in [6.07, 6.45) is 4.54. The molecule has 3 aromatic heterocycles. The van der Waals surface area contributed by atoms with Gasteiger partial charge in [-0.05, 0) is 57.4 Å². The van der Waals surface area contributed by atoms with E-state index in [4.69, 9.17) is 0 Å². The zero-order valence-corrected chi connectivity index (χ0v) is 15.1. The van der Waals surface area contributed by atoms with Crippen LogP contribution in [0.3, 0.4) is 0 Å². The van der Waals surface area contributed by atoms with E-state index in [1.165, 1.54) is 0 Å². The molecule has 0 aliphatic heterocycles. The highest BCUT2D eigenvalue weighted by atomic mass is 16.1. The number of aromatic nitrogens is 4. The highest BCUT2D eigenvalue weighted by molar-refractivity contribution is 5.76. The molecule has 1 N–H and O–H groups in total. The zero-order chi connectivity index (χ0) is 18.0. The number of hydrogen-bond acceptors (Lipinski definition) is 4. The van der Waals surface area contributed by atoms with Crippen molar-refractivity contribution < 1.29 is 4.79 Å². The quantitative estimate of drug-likeness (QED) is 0.777. The molecule has 0 radical (unpaired) electrons. The highest BCUT2D eigenvalue weighted by Crippen LogP contribution is 2.17. The second kappa shape index (κ2) is 7.01. The van der Waals surface area contributed by atoms with Crippen molar-refractivity contribution >= 4 is 11.6 Å². The van der Waals surface area contributed by atoms with E-state index in [0.29, 0.717) is 12.8 Å². The highest BCUT2D eigenvalue weighted by Gasteiger charge is 2.14. The Morgan fingerprint density at radius 3 is 2.68 bits per heavy atom. The lowest BCUT2D eigenvalue weighted by molar-refractivity contribution is -0.121. The first kappa shape index (κ1) is 17.1. The molecule has 0 aliphatic carbocycles. The second-order valence-electron chi connectivity index (χ2n) is 6.39. The molecule has 1 atom stereocenters. The topological polar surface area (TPSA) is 72.2 Å². The third kappa shape index (κ3) is 3.68. The van der Waals surface area contributed by atoms with Crippen LogP contribution in [0.25, 0.3) is 5.65 Å². The van der Waals surface area contributed by atoms with Gasteiger partial charge in [0.05, 0.1) is 11.7 Å². The fourth-order valence-electron chi connectivity index (χ4n) is 3.09. The maximum Gasteiger partial charge on any atom is 0.220 e. The largest absolute Gasteiger partial charge is 0.350 e. The van der Waals surface area contributed by atoms with E-state index < -0.39 is 0 Å². The number of rotatable bonds is 5. The Balaban J connectivity index is 1.69. The van der Waals surface area contributed by atoms with Gasteiger partial charge in [-0.2, -0.15) is 5.10 Å². The van der Waals surface area contributed by atoms with Gasteiger partial charge >= 0.3 is 0 Å². The van der Waals surface area contributed by atoms with Gasteiger partial charge in [0, 0.05) is 36.3 Å². The summed E-state index contributed by atoms with van der Waals surface area (Å²) in [5, 5.41) is 7.51. The van der Waals surface area contributed by atoms with Crippen LogP contribution >= 0.6 is 0 Å². The summed E-state index contributed by atoms with van der Waals surface area (Å²) >= 11 is 0. The monoisotopic (exact) mass is 337 g/mol. The molecule has 3 heterocycles. The zero-order valence-electron chi connectivity index (χ0n) is 15.1. The van der Waals surface area contributed by atoms with E-state index in [-0.39, 0.29) is 11.9 Å². The van der Waals surface area contributed by atoms with Crippen molar-refractivity contribution in [2.45, 2.75) is 46.6 Å². The molecule has 3 rings (SSSR count). The third-order valence-corrected chi connectivity index (χ3v) is 4.47. The molecule has 25 heavy (non-hydrogen) atoms. The molecule has 6 heteroatoms. The van der Waals surface area contributed by atoms with Crippen LogP contribution in [-0.2, 0) is 11.2 Å². The maximum absolute atomic E-state index is 12.3. The molecule has 3 aromatic rings. The number of aryl methyl sites for hydroxylation is 3. The first-order valence-corrected chi connectivity index (χ1v) is 8.47. The fraction of sp³-hybridized carbons (Fsp3) is 0.368. The molecule has 130 valence electrons. The number of fused-ring (bicyclic) bond motifs is 1. The third-order valence-electron chi connectivity index (χ3n) is 4.47. The van der Waals surface area contributed by atoms with Gasteiger partial charge in [0.25, 0.3) is 0 Å². The van der Waals surface area contributed by atoms with Gasteiger partial charge in [0.1, 0.15) is 0 Å².